The van der Waals surface area contributed by atoms with E-state index in [1.807, 2.05) is 17.5 Å². The molecule has 0 aliphatic rings. The first-order valence-electron chi connectivity index (χ1n) is 3.73. The first-order chi connectivity index (χ1) is 5.74. The van der Waals surface area contributed by atoms with Gasteiger partial charge in [0.15, 0.2) is 5.78 Å². The summed E-state index contributed by atoms with van der Waals surface area (Å²) in [5.74, 6) is 0.0610. The second kappa shape index (κ2) is 4.16. The number of hydrogen-bond acceptors (Lipinski definition) is 3. The second-order valence-electron chi connectivity index (χ2n) is 2.48. The largest absolute Gasteiger partial charge is 0.293 e. The maximum Gasteiger partial charge on any atom is 0.173 e. The Hall–Kier alpha value is -0.960. The standard InChI is InChI=1S/C9H11NOS/c1-7(11)9(10-2)6-8-4-3-5-12-8/h3-5H,6H2,1-2H3. The molecule has 0 atom stereocenters. The van der Waals surface area contributed by atoms with E-state index >= 15 is 0 Å². The van der Waals surface area contributed by atoms with Gasteiger partial charge in [0.05, 0.1) is 5.71 Å². The molecule has 0 radical (unpaired) electrons. The molecular weight excluding hydrogens is 170 g/mol. The van der Waals surface area contributed by atoms with E-state index in [0.717, 1.165) is 0 Å². The number of aliphatic imine (C=N–C) groups is 1. The summed E-state index contributed by atoms with van der Waals surface area (Å²) >= 11 is 1.65. The van der Waals surface area contributed by atoms with Gasteiger partial charge in [-0.3, -0.25) is 9.79 Å². The van der Waals surface area contributed by atoms with Crippen LogP contribution in [0.4, 0.5) is 0 Å². The lowest BCUT2D eigenvalue weighted by molar-refractivity contribution is -0.111. The smallest absolute Gasteiger partial charge is 0.173 e. The lowest BCUT2D eigenvalue weighted by Crippen LogP contribution is -2.12. The highest BCUT2D eigenvalue weighted by Gasteiger charge is 2.05. The molecule has 0 aromatic carbocycles. The number of hydrogen-bond donors (Lipinski definition) is 0. The fourth-order valence-electron chi connectivity index (χ4n) is 0.939. The Bertz CT molecular complexity index is 287. The van der Waals surface area contributed by atoms with E-state index in [1.54, 1.807) is 25.3 Å². The highest BCUT2D eigenvalue weighted by molar-refractivity contribution is 7.10. The first-order valence-corrected chi connectivity index (χ1v) is 4.61. The van der Waals surface area contributed by atoms with Crippen LogP contribution >= 0.6 is 11.3 Å². The van der Waals surface area contributed by atoms with Crippen LogP contribution in [0.5, 0.6) is 0 Å². The molecule has 3 heteroatoms. The van der Waals surface area contributed by atoms with Gasteiger partial charge in [0.1, 0.15) is 0 Å². The van der Waals surface area contributed by atoms with Gasteiger partial charge in [-0.2, -0.15) is 0 Å². The van der Waals surface area contributed by atoms with Crippen LogP contribution in [0.3, 0.4) is 0 Å². The van der Waals surface area contributed by atoms with Crippen LogP contribution in [0.25, 0.3) is 0 Å². The molecule has 0 bridgehead atoms. The molecule has 0 amide bonds. The minimum atomic E-state index is 0.0610. The molecule has 0 aliphatic heterocycles. The summed E-state index contributed by atoms with van der Waals surface area (Å²) in [5, 5.41) is 2.00. The van der Waals surface area contributed by atoms with Crippen molar-refractivity contribution in [2.45, 2.75) is 13.3 Å². The number of nitrogens with zero attached hydrogens (tertiary/aromatic N) is 1. The third-order valence-electron chi connectivity index (χ3n) is 1.60. The average Bonchev–Trinajstić information content (AvgIpc) is 2.51. The van der Waals surface area contributed by atoms with Gasteiger partial charge >= 0.3 is 0 Å². The second-order valence-corrected chi connectivity index (χ2v) is 3.51. The zero-order valence-corrected chi connectivity index (χ0v) is 8.02. The molecular formula is C9H11NOS. The maximum absolute atomic E-state index is 11.0. The zero-order chi connectivity index (χ0) is 8.97. The van der Waals surface area contributed by atoms with Gasteiger partial charge < -0.3 is 0 Å². The van der Waals surface area contributed by atoms with Crippen molar-refractivity contribution in [1.29, 1.82) is 0 Å². The molecule has 0 aliphatic carbocycles. The van der Waals surface area contributed by atoms with E-state index in [2.05, 4.69) is 4.99 Å². The Labute approximate surface area is 76.0 Å². The van der Waals surface area contributed by atoms with Crippen LogP contribution in [-0.2, 0) is 11.2 Å². The van der Waals surface area contributed by atoms with Gasteiger partial charge in [-0.15, -0.1) is 11.3 Å². The van der Waals surface area contributed by atoms with Crippen molar-refractivity contribution < 1.29 is 4.79 Å². The maximum atomic E-state index is 11.0. The third-order valence-corrected chi connectivity index (χ3v) is 2.47. The van der Waals surface area contributed by atoms with Gasteiger partial charge in [0.2, 0.25) is 0 Å². The van der Waals surface area contributed by atoms with Gasteiger partial charge in [-0.1, -0.05) is 6.07 Å². The van der Waals surface area contributed by atoms with Crippen molar-refractivity contribution in [2.75, 3.05) is 7.05 Å². The molecule has 0 fully saturated rings. The van der Waals surface area contributed by atoms with Crippen LogP contribution in [0.1, 0.15) is 11.8 Å². The van der Waals surface area contributed by atoms with E-state index < -0.39 is 0 Å². The topological polar surface area (TPSA) is 29.4 Å². The van der Waals surface area contributed by atoms with Gasteiger partial charge in [0, 0.05) is 25.3 Å². The molecule has 0 spiro atoms. The van der Waals surface area contributed by atoms with E-state index in [9.17, 15) is 4.79 Å². The van der Waals surface area contributed by atoms with Crippen LogP contribution in [0, 0.1) is 0 Å². The Morgan fingerprint density at radius 2 is 2.42 bits per heavy atom. The number of rotatable bonds is 3. The lowest BCUT2D eigenvalue weighted by atomic mass is 10.2. The number of ketones is 1. The number of Topliss-reactive ketones (excluding diaryl/α,β-unsaturated/α-hetero) is 1. The monoisotopic (exact) mass is 181 g/mol. The van der Waals surface area contributed by atoms with Gasteiger partial charge in [-0.05, 0) is 11.4 Å². The van der Waals surface area contributed by atoms with Crippen molar-refractivity contribution in [3.8, 4) is 0 Å². The highest BCUT2D eigenvalue weighted by atomic mass is 32.1. The molecule has 0 unspecified atom stereocenters. The van der Waals surface area contributed by atoms with Crippen LogP contribution < -0.4 is 0 Å². The Morgan fingerprint density at radius 1 is 1.67 bits per heavy atom. The quantitative estimate of drug-likeness (QED) is 0.655. The Balaban J connectivity index is 2.68. The molecule has 2 nitrogen and oxygen atoms in total. The summed E-state index contributed by atoms with van der Waals surface area (Å²) < 4.78 is 0. The summed E-state index contributed by atoms with van der Waals surface area (Å²) in [6, 6.07) is 3.99. The van der Waals surface area contributed by atoms with Crippen molar-refractivity contribution >= 4 is 22.8 Å². The average molecular weight is 181 g/mol. The van der Waals surface area contributed by atoms with Crippen molar-refractivity contribution in [3.05, 3.63) is 22.4 Å². The normalized spacial score (nSPS) is 11.7. The number of carbonyl (C=O) groups is 1. The van der Waals surface area contributed by atoms with Crippen LogP contribution in [-0.4, -0.2) is 18.5 Å². The highest BCUT2D eigenvalue weighted by Crippen LogP contribution is 2.09. The molecule has 0 saturated heterocycles. The predicted octanol–water partition coefficient (Wildman–Crippen LogP) is 1.95. The summed E-state index contributed by atoms with van der Waals surface area (Å²) in [7, 11) is 1.66. The predicted molar refractivity (Wildman–Crippen MR) is 52.1 cm³/mol. The van der Waals surface area contributed by atoms with Gasteiger partial charge in [0.25, 0.3) is 0 Å². The number of thiophene rings is 1. The number of carbonyl (C=O) groups excluding carboxylic acids is 1. The fourth-order valence-corrected chi connectivity index (χ4v) is 1.65. The zero-order valence-electron chi connectivity index (χ0n) is 7.20. The lowest BCUT2D eigenvalue weighted by Gasteiger charge is -1.97. The molecule has 64 valence electrons. The van der Waals surface area contributed by atoms with E-state index in [0.29, 0.717) is 12.1 Å². The molecule has 0 N–H and O–H groups in total. The third kappa shape index (κ3) is 2.27. The summed E-state index contributed by atoms with van der Waals surface area (Å²) in [6.07, 6.45) is 0.670. The van der Waals surface area contributed by atoms with E-state index in [-0.39, 0.29) is 5.78 Å². The molecule has 1 rings (SSSR count). The molecule has 0 saturated carbocycles. The minimum Gasteiger partial charge on any atom is -0.293 e. The Morgan fingerprint density at radius 3 is 2.83 bits per heavy atom. The SMILES string of the molecule is CN=C(Cc1cccs1)C(C)=O. The summed E-state index contributed by atoms with van der Waals surface area (Å²) in [6.45, 7) is 1.55. The van der Waals surface area contributed by atoms with Crippen molar-refractivity contribution in [3.63, 3.8) is 0 Å². The first kappa shape index (κ1) is 9.13. The van der Waals surface area contributed by atoms with E-state index in [4.69, 9.17) is 0 Å². The van der Waals surface area contributed by atoms with Crippen LogP contribution in [0.15, 0.2) is 22.5 Å². The summed E-state index contributed by atoms with van der Waals surface area (Å²) in [4.78, 5) is 16.1. The summed E-state index contributed by atoms with van der Waals surface area (Å²) in [5.41, 5.74) is 0.650. The van der Waals surface area contributed by atoms with Crippen LogP contribution in [0.2, 0.25) is 0 Å². The van der Waals surface area contributed by atoms with Crippen molar-refractivity contribution in [2.24, 2.45) is 4.99 Å². The molecule has 1 aromatic heterocycles. The Kier molecular flexibility index (Phi) is 3.17. The molecule has 12 heavy (non-hydrogen) atoms. The van der Waals surface area contributed by atoms with Crippen molar-refractivity contribution in [1.82, 2.24) is 0 Å². The fraction of sp³-hybridized carbons (Fsp3) is 0.333. The molecule has 1 aromatic rings. The van der Waals surface area contributed by atoms with Gasteiger partial charge in [-0.25, -0.2) is 0 Å². The van der Waals surface area contributed by atoms with E-state index in [1.165, 1.54) is 4.88 Å². The minimum absolute atomic E-state index is 0.0610. The molecule has 1 heterocycles.